The molecule has 5 nitrogen and oxygen atoms in total. The highest BCUT2D eigenvalue weighted by Crippen LogP contribution is 2.22. The lowest BCUT2D eigenvalue weighted by Gasteiger charge is -2.28. The molecule has 3 rings (SSSR count). The molecule has 0 unspecified atom stereocenters. The van der Waals surface area contributed by atoms with Gasteiger partial charge in [0, 0.05) is 31.7 Å². The monoisotopic (exact) mass is 305 g/mol. The second-order valence-electron chi connectivity index (χ2n) is 5.88. The number of amides is 3. The minimum Gasteiger partial charge on any atom is -0.333 e. The molecule has 2 saturated heterocycles. The van der Waals surface area contributed by atoms with Crippen LogP contribution in [0.5, 0.6) is 0 Å². The molecule has 0 bridgehead atoms. The summed E-state index contributed by atoms with van der Waals surface area (Å²) in [7, 11) is 0. The third-order valence-electron chi connectivity index (χ3n) is 4.22. The number of piperidine rings is 1. The quantitative estimate of drug-likeness (QED) is 0.910. The van der Waals surface area contributed by atoms with E-state index in [-0.39, 0.29) is 30.2 Å². The maximum Gasteiger partial charge on any atom is 0.317 e. The number of anilines is 1. The molecule has 0 radical (unpaired) electrons. The van der Waals surface area contributed by atoms with Crippen LogP contribution < -0.4 is 10.2 Å². The molecule has 2 aliphatic rings. The number of nitrogens with one attached hydrogen (secondary N) is 1. The van der Waals surface area contributed by atoms with Gasteiger partial charge in [0.1, 0.15) is 5.82 Å². The molecule has 3 amide bonds. The van der Waals surface area contributed by atoms with Crippen LogP contribution in [0.25, 0.3) is 0 Å². The summed E-state index contributed by atoms with van der Waals surface area (Å²) in [5, 5.41) is 2.92. The van der Waals surface area contributed by atoms with Crippen LogP contribution in [0.3, 0.4) is 0 Å². The fourth-order valence-electron chi connectivity index (χ4n) is 3.06. The first kappa shape index (κ1) is 14.8. The van der Waals surface area contributed by atoms with Gasteiger partial charge >= 0.3 is 6.03 Å². The predicted octanol–water partition coefficient (Wildman–Crippen LogP) is 2.13. The van der Waals surface area contributed by atoms with Gasteiger partial charge in [-0.1, -0.05) is 6.07 Å². The molecule has 0 aromatic heterocycles. The fraction of sp³-hybridized carbons (Fsp3) is 0.500. The summed E-state index contributed by atoms with van der Waals surface area (Å²) < 4.78 is 13.3. The highest BCUT2D eigenvalue weighted by atomic mass is 19.1. The summed E-state index contributed by atoms with van der Waals surface area (Å²) in [6, 6.07) is 5.66. The summed E-state index contributed by atoms with van der Waals surface area (Å²) in [4.78, 5) is 27.6. The van der Waals surface area contributed by atoms with Gasteiger partial charge < -0.3 is 15.1 Å². The Morgan fingerprint density at radius 1 is 1.23 bits per heavy atom. The van der Waals surface area contributed by atoms with Crippen molar-refractivity contribution >= 4 is 17.6 Å². The van der Waals surface area contributed by atoms with Gasteiger partial charge in [-0.3, -0.25) is 4.79 Å². The molecule has 0 aliphatic carbocycles. The molecule has 22 heavy (non-hydrogen) atoms. The summed E-state index contributed by atoms with van der Waals surface area (Å²) >= 11 is 0. The number of likely N-dealkylation sites (tertiary alicyclic amines) is 1. The van der Waals surface area contributed by atoms with E-state index in [0.29, 0.717) is 12.2 Å². The van der Waals surface area contributed by atoms with Gasteiger partial charge in [0.05, 0.1) is 6.04 Å². The van der Waals surface area contributed by atoms with Crippen LogP contribution in [0.4, 0.5) is 14.9 Å². The molecule has 1 N–H and O–H groups in total. The van der Waals surface area contributed by atoms with E-state index in [2.05, 4.69) is 5.32 Å². The lowest BCUT2D eigenvalue weighted by molar-refractivity contribution is -0.117. The number of urea groups is 1. The van der Waals surface area contributed by atoms with Crippen molar-refractivity contribution in [1.29, 1.82) is 0 Å². The lowest BCUT2D eigenvalue weighted by atomic mass is 10.1. The topological polar surface area (TPSA) is 52.7 Å². The first-order chi connectivity index (χ1) is 10.6. The first-order valence-corrected chi connectivity index (χ1v) is 7.75. The predicted molar refractivity (Wildman–Crippen MR) is 81.1 cm³/mol. The number of nitrogens with zero attached hydrogens (tertiary/aromatic N) is 2. The van der Waals surface area contributed by atoms with Crippen molar-refractivity contribution in [3.8, 4) is 0 Å². The van der Waals surface area contributed by atoms with E-state index >= 15 is 0 Å². The van der Waals surface area contributed by atoms with Gasteiger partial charge in [-0.05, 0) is 37.5 Å². The van der Waals surface area contributed by atoms with Gasteiger partial charge in [-0.2, -0.15) is 0 Å². The maximum atomic E-state index is 13.3. The SMILES string of the molecule is O=C(N[C@@H]1CC(=O)N(c2cccc(F)c2)C1)N1CCCCC1. The Labute approximate surface area is 129 Å². The van der Waals surface area contributed by atoms with Crippen LogP contribution in [0.2, 0.25) is 0 Å². The molecule has 2 heterocycles. The Kier molecular flexibility index (Phi) is 4.27. The van der Waals surface area contributed by atoms with Gasteiger partial charge in [0.15, 0.2) is 0 Å². The maximum absolute atomic E-state index is 13.3. The van der Waals surface area contributed by atoms with Crippen LogP contribution in [-0.4, -0.2) is 42.5 Å². The summed E-state index contributed by atoms with van der Waals surface area (Å²) in [6.45, 7) is 1.95. The average Bonchev–Trinajstić information content (AvgIpc) is 2.88. The van der Waals surface area contributed by atoms with Crippen molar-refractivity contribution in [3.63, 3.8) is 0 Å². The van der Waals surface area contributed by atoms with Gasteiger partial charge in [0.2, 0.25) is 5.91 Å². The molecule has 2 fully saturated rings. The van der Waals surface area contributed by atoms with E-state index < -0.39 is 0 Å². The van der Waals surface area contributed by atoms with E-state index in [4.69, 9.17) is 0 Å². The minimum absolute atomic E-state index is 0.0884. The number of carbonyl (C=O) groups is 2. The van der Waals surface area contributed by atoms with Crippen LogP contribution in [-0.2, 0) is 4.79 Å². The van der Waals surface area contributed by atoms with Crippen molar-refractivity contribution in [1.82, 2.24) is 10.2 Å². The second-order valence-corrected chi connectivity index (χ2v) is 5.88. The van der Waals surface area contributed by atoms with Crippen LogP contribution in [0, 0.1) is 5.82 Å². The van der Waals surface area contributed by atoms with Crippen molar-refractivity contribution in [3.05, 3.63) is 30.1 Å². The van der Waals surface area contributed by atoms with Crippen molar-refractivity contribution < 1.29 is 14.0 Å². The molecule has 118 valence electrons. The van der Waals surface area contributed by atoms with E-state index in [9.17, 15) is 14.0 Å². The summed E-state index contributed by atoms with van der Waals surface area (Å²) in [6.07, 6.45) is 3.49. The highest BCUT2D eigenvalue weighted by molar-refractivity contribution is 5.96. The second kappa shape index (κ2) is 6.34. The Bertz CT molecular complexity index is 572. The number of benzene rings is 1. The van der Waals surface area contributed by atoms with Gasteiger partial charge in [-0.15, -0.1) is 0 Å². The van der Waals surface area contributed by atoms with E-state index in [1.165, 1.54) is 23.5 Å². The van der Waals surface area contributed by atoms with Crippen molar-refractivity contribution in [2.75, 3.05) is 24.5 Å². The number of rotatable bonds is 2. The number of carbonyl (C=O) groups excluding carboxylic acids is 2. The molecular weight excluding hydrogens is 285 g/mol. The largest absolute Gasteiger partial charge is 0.333 e. The van der Waals surface area contributed by atoms with Crippen molar-refractivity contribution in [2.24, 2.45) is 0 Å². The van der Waals surface area contributed by atoms with Crippen LogP contribution in [0.15, 0.2) is 24.3 Å². The number of hydrogen-bond donors (Lipinski definition) is 1. The first-order valence-electron chi connectivity index (χ1n) is 7.75. The smallest absolute Gasteiger partial charge is 0.317 e. The zero-order chi connectivity index (χ0) is 15.5. The Morgan fingerprint density at radius 3 is 2.73 bits per heavy atom. The van der Waals surface area contributed by atoms with E-state index in [1.807, 2.05) is 0 Å². The fourth-order valence-corrected chi connectivity index (χ4v) is 3.06. The number of hydrogen-bond acceptors (Lipinski definition) is 2. The molecule has 0 spiro atoms. The third-order valence-corrected chi connectivity index (χ3v) is 4.22. The van der Waals surface area contributed by atoms with Crippen LogP contribution in [0.1, 0.15) is 25.7 Å². The van der Waals surface area contributed by atoms with E-state index in [0.717, 1.165) is 25.9 Å². The summed E-state index contributed by atoms with van der Waals surface area (Å²) in [5.41, 5.74) is 0.541. The third kappa shape index (κ3) is 3.21. The Morgan fingerprint density at radius 2 is 2.00 bits per heavy atom. The zero-order valence-corrected chi connectivity index (χ0v) is 12.4. The molecule has 1 aromatic carbocycles. The number of halogens is 1. The van der Waals surface area contributed by atoms with Crippen molar-refractivity contribution in [2.45, 2.75) is 31.7 Å². The lowest BCUT2D eigenvalue weighted by Crippen LogP contribution is -2.47. The molecule has 6 heteroatoms. The average molecular weight is 305 g/mol. The standard InChI is InChI=1S/C16H20FN3O2/c17-12-5-4-6-14(9-12)20-11-13(10-15(20)21)18-16(22)19-7-2-1-3-8-19/h4-6,9,13H,1-3,7-8,10-11H2,(H,18,22)/t13-/m1/s1. The molecule has 1 atom stereocenters. The molecule has 0 saturated carbocycles. The van der Waals surface area contributed by atoms with Gasteiger partial charge in [-0.25, -0.2) is 9.18 Å². The Balaban J connectivity index is 1.61. The molecule has 2 aliphatic heterocycles. The minimum atomic E-state index is -0.369. The molecular formula is C16H20FN3O2. The van der Waals surface area contributed by atoms with Gasteiger partial charge in [0.25, 0.3) is 0 Å². The zero-order valence-electron chi connectivity index (χ0n) is 12.4. The normalized spacial score (nSPS) is 22.0. The molecule has 1 aromatic rings. The Hall–Kier alpha value is -2.11. The highest BCUT2D eigenvalue weighted by Gasteiger charge is 2.32. The van der Waals surface area contributed by atoms with E-state index in [1.54, 1.807) is 17.0 Å². The summed E-state index contributed by atoms with van der Waals surface area (Å²) in [5.74, 6) is -0.458. The van der Waals surface area contributed by atoms with Crippen LogP contribution >= 0.6 is 0 Å².